The van der Waals surface area contributed by atoms with Crippen LogP contribution in [0.3, 0.4) is 0 Å². The highest BCUT2D eigenvalue weighted by Gasteiger charge is 2.28. The molecule has 0 fully saturated rings. The van der Waals surface area contributed by atoms with Crippen LogP contribution < -0.4 is 15.9 Å². The standard InChI is InChI=1S/C22H30NOP/c1-17(2)20(23-21(24)22(3,4)5)16-25(18-12-8-6-9-13-18)19-14-10-7-11-15-19/h6-15,17,20H,16H2,1-5H3,(H,23,24)/t20-/m1/s1. The van der Waals surface area contributed by atoms with Gasteiger partial charge in [0.15, 0.2) is 0 Å². The molecular formula is C22H30NOP. The van der Waals surface area contributed by atoms with Gasteiger partial charge in [-0.1, -0.05) is 95.3 Å². The molecule has 0 unspecified atom stereocenters. The molecule has 2 rings (SSSR count). The van der Waals surface area contributed by atoms with Crippen LogP contribution in [0.4, 0.5) is 0 Å². The molecule has 0 saturated carbocycles. The van der Waals surface area contributed by atoms with E-state index in [9.17, 15) is 4.79 Å². The Bertz CT molecular complexity index is 622. The van der Waals surface area contributed by atoms with Crippen LogP contribution in [0.1, 0.15) is 34.6 Å². The molecule has 0 aliphatic rings. The first-order chi connectivity index (χ1) is 11.8. The van der Waals surface area contributed by atoms with Crippen LogP contribution in [0.5, 0.6) is 0 Å². The van der Waals surface area contributed by atoms with Crippen molar-refractivity contribution >= 4 is 24.4 Å². The molecule has 0 bridgehead atoms. The zero-order chi connectivity index (χ0) is 18.4. The SMILES string of the molecule is CC(C)[C@@H](CP(c1ccccc1)c1ccccc1)NC(=O)C(C)(C)C. The summed E-state index contributed by atoms with van der Waals surface area (Å²) in [7, 11) is -0.504. The van der Waals surface area contributed by atoms with Gasteiger partial charge in [0.2, 0.25) is 5.91 Å². The van der Waals surface area contributed by atoms with Crippen LogP contribution in [-0.4, -0.2) is 18.1 Å². The molecule has 134 valence electrons. The van der Waals surface area contributed by atoms with Gasteiger partial charge in [-0.3, -0.25) is 4.79 Å². The Balaban J connectivity index is 2.29. The third-order valence-corrected chi connectivity index (χ3v) is 6.92. The number of benzene rings is 2. The average Bonchev–Trinajstić information content (AvgIpc) is 2.58. The topological polar surface area (TPSA) is 29.1 Å². The minimum Gasteiger partial charge on any atom is -0.352 e. The second kappa shape index (κ2) is 8.63. The summed E-state index contributed by atoms with van der Waals surface area (Å²) in [5, 5.41) is 6.02. The molecule has 2 nitrogen and oxygen atoms in total. The molecule has 0 radical (unpaired) electrons. The van der Waals surface area contributed by atoms with Gasteiger partial charge in [0.1, 0.15) is 0 Å². The van der Waals surface area contributed by atoms with Gasteiger partial charge in [0.25, 0.3) is 0 Å². The minimum absolute atomic E-state index is 0.127. The number of rotatable bonds is 6. The first-order valence-corrected chi connectivity index (χ1v) is 10.5. The predicted octanol–water partition coefficient (Wildman–Crippen LogP) is 4.31. The summed E-state index contributed by atoms with van der Waals surface area (Å²) in [6, 6.07) is 21.5. The van der Waals surface area contributed by atoms with E-state index < -0.39 is 7.92 Å². The molecule has 0 saturated heterocycles. The van der Waals surface area contributed by atoms with E-state index in [2.05, 4.69) is 79.8 Å². The van der Waals surface area contributed by atoms with E-state index in [0.717, 1.165) is 6.16 Å². The van der Waals surface area contributed by atoms with Crippen molar-refractivity contribution in [3.8, 4) is 0 Å². The molecule has 0 spiro atoms. The van der Waals surface area contributed by atoms with E-state index in [4.69, 9.17) is 0 Å². The lowest BCUT2D eigenvalue weighted by Gasteiger charge is -2.30. The predicted molar refractivity (Wildman–Crippen MR) is 110 cm³/mol. The number of carbonyl (C=O) groups is 1. The fourth-order valence-corrected chi connectivity index (χ4v) is 5.27. The zero-order valence-electron chi connectivity index (χ0n) is 16.0. The van der Waals surface area contributed by atoms with Gasteiger partial charge in [-0.2, -0.15) is 0 Å². The van der Waals surface area contributed by atoms with Gasteiger partial charge in [-0.25, -0.2) is 0 Å². The number of carbonyl (C=O) groups excluding carboxylic acids is 1. The van der Waals surface area contributed by atoms with Crippen molar-refractivity contribution in [2.45, 2.75) is 40.7 Å². The smallest absolute Gasteiger partial charge is 0.225 e. The summed E-state index contributed by atoms with van der Waals surface area (Å²) in [4.78, 5) is 12.5. The monoisotopic (exact) mass is 355 g/mol. The molecular weight excluding hydrogens is 325 g/mol. The molecule has 0 aromatic heterocycles. The molecule has 1 N–H and O–H groups in total. The van der Waals surface area contributed by atoms with Gasteiger partial charge < -0.3 is 5.32 Å². The lowest BCUT2D eigenvalue weighted by molar-refractivity contribution is -0.129. The summed E-state index contributed by atoms with van der Waals surface area (Å²) in [5.74, 6) is 0.519. The van der Waals surface area contributed by atoms with E-state index in [-0.39, 0.29) is 17.4 Å². The summed E-state index contributed by atoms with van der Waals surface area (Å²) < 4.78 is 0. The van der Waals surface area contributed by atoms with Crippen molar-refractivity contribution in [2.24, 2.45) is 11.3 Å². The van der Waals surface area contributed by atoms with Gasteiger partial charge >= 0.3 is 0 Å². The fourth-order valence-electron chi connectivity index (χ4n) is 2.58. The Kier molecular flexibility index (Phi) is 6.79. The van der Waals surface area contributed by atoms with E-state index in [1.54, 1.807) is 0 Å². The summed E-state index contributed by atoms with van der Waals surface area (Å²) >= 11 is 0. The number of amides is 1. The van der Waals surface area contributed by atoms with Crippen LogP contribution in [0.2, 0.25) is 0 Å². The van der Waals surface area contributed by atoms with E-state index in [1.165, 1.54) is 10.6 Å². The summed E-state index contributed by atoms with van der Waals surface area (Å²) in [5.41, 5.74) is -0.366. The Hall–Kier alpha value is -1.66. The Morgan fingerprint density at radius 2 is 1.36 bits per heavy atom. The van der Waals surface area contributed by atoms with Crippen LogP contribution in [0.15, 0.2) is 60.7 Å². The Morgan fingerprint density at radius 1 is 0.920 bits per heavy atom. The first kappa shape index (κ1) is 19.7. The van der Waals surface area contributed by atoms with Gasteiger partial charge in [0.05, 0.1) is 0 Å². The normalized spacial score (nSPS) is 13.1. The van der Waals surface area contributed by atoms with Crippen molar-refractivity contribution in [1.29, 1.82) is 0 Å². The fraction of sp³-hybridized carbons (Fsp3) is 0.409. The van der Waals surface area contributed by atoms with Crippen LogP contribution in [0.25, 0.3) is 0 Å². The lowest BCUT2D eigenvalue weighted by atomic mass is 9.94. The van der Waals surface area contributed by atoms with Crippen molar-refractivity contribution < 1.29 is 4.79 Å². The number of hydrogen-bond donors (Lipinski definition) is 1. The maximum Gasteiger partial charge on any atom is 0.225 e. The summed E-state index contributed by atoms with van der Waals surface area (Å²) in [6.45, 7) is 10.3. The molecule has 1 atom stereocenters. The molecule has 0 aliphatic carbocycles. The highest BCUT2D eigenvalue weighted by molar-refractivity contribution is 7.73. The van der Waals surface area contributed by atoms with Crippen LogP contribution >= 0.6 is 7.92 Å². The van der Waals surface area contributed by atoms with E-state index >= 15 is 0 Å². The molecule has 25 heavy (non-hydrogen) atoms. The Labute approximate surface area is 153 Å². The van der Waals surface area contributed by atoms with Crippen molar-refractivity contribution in [1.82, 2.24) is 5.32 Å². The number of nitrogens with one attached hydrogen (secondary N) is 1. The first-order valence-electron chi connectivity index (χ1n) is 8.97. The van der Waals surface area contributed by atoms with Crippen molar-refractivity contribution in [2.75, 3.05) is 6.16 Å². The summed E-state index contributed by atoms with van der Waals surface area (Å²) in [6.07, 6.45) is 0.961. The molecule has 1 amide bonds. The quantitative estimate of drug-likeness (QED) is 0.769. The molecule has 0 aliphatic heterocycles. The van der Waals surface area contributed by atoms with Crippen molar-refractivity contribution in [3.05, 3.63) is 60.7 Å². The Morgan fingerprint density at radius 3 is 1.72 bits per heavy atom. The van der Waals surface area contributed by atoms with Gasteiger partial charge in [-0.15, -0.1) is 0 Å². The molecule has 2 aromatic carbocycles. The average molecular weight is 355 g/mol. The second-order valence-corrected chi connectivity index (χ2v) is 10.1. The molecule has 2 aromatic rings. The van der Waals surface area contributed by atoms with Gasteiger partial charge in [0, 0.05) is 11.5 Å². The van der Waals surface area contributed by atoms with Crippen molar-refractivity contribution in [3.63, 3.8) is 0 Å². The van der Waals surface area contributed by atoms with E-state index in [0.29, 0.717) is 5.92 Å². The van der Waals surface area contributed by atoms with Crippen LogP contribution in [0, 0.1) is 11.3 Å². The largest absolute Gasteiger partial charge is 0.352 e. The highest BCUT2D eigenvalue weighted by Crippen LogP contribution is 2.35. The maximum atomic E-state index is 12.5. The third-order valence-electron chi connectivity index (χ3n) is 4.32. The van der Waals surface area contributed by atoms with Crippen LogP contribution in [-0.2, 0) is 4.79 Å². The second-order valence-electron chi connectivity index (χ2n) is 7.86. The van der Waals surface area contributed by atoms with E-state index in [1.807, 2.05) is 20.8 Å². The lowest BCUT2D eigenvalue weighted by Crippen LogP contribution is -2.46. The molecule has 3 heteroatoms. The number of hydrogen-bond acceptors (Lipinski definition) is 1. The zero-order valence-corrected chi connectivity index (χ0v) is 16.9. The maximum absolute atomic E-state index is 12.5. The highest BCUT2D eigenvalue weighted by atomic mass is 31.1. The van der Waals surface area contributed by atoms with Gasteiger partial charge in [-0.05, 0) is 30.6 Å². The molecule has 0 heterocycles. The third kappa shape index (κ3) is 5.68. The minimum atomic E-state index is -0.504.